The zero-order valence-corrected chi connectivity index (χ0v) is 5.37. The van der Waals surface area contributed by atoms with Crippen LogP contribution in [-0.4, -0.2) is 9.72 Å². The number of aryl methyl sites for hydroxylation is 1. The van der Waals surface area contributed by atoms with Crippen molar-refractivity contribution in [3.05, 3.63) is 16.4 Å². The minimum absolute atomic E-state index is 0.00579. The van der Waals surface area contributed by atoms with Gasteiger partial charge in [0.05, 0.1) is 6.07 Å². The largest absolute Gasteiger partial charge is 0.442 e. The second kappa shape index (κ2) is 2.35. The molecule has 1 aromatic rings. The fourth-order valence-electron chi connectivity index (χ4n) is 0.585. The maximum atomic E-state index is 10.6. The van der Waals surface area contributed by atoms with Gasteiger partial charge in [0.15, 0.2) is 5.82 Å². The van der Waals surface area contributed by atoms with Crippen LogP contribution in [-0.2, 0) is 6.54 Å². The first kappa shape index (κ1) is 6.55. The lowest BCUT2D eigenvalue weighted by Gasteiger charge is -1.87. The van der Waals surface area contributed by atoms with Gasteiger partial charge in [-0.05, 0) is 6.92 Å². The van der Waals surface area contributed by atoms with E-state index in [0.29, 0.717) is 5.82 Å². The van der Waals surface area contributed by atoms with E-state index in [2.05, 4.69) is 9.68 Å². The van der Waals surface area contributed by atoms with Crippen LogP contribution in [0.2, 0.25) is 0 Å². The molecule has 0 saturated carbocycles. The summed E-state index contributed by atoms with van der Waals surface area (Å²) in [5, 5.41) is 11.6. The molecule has 5 heteroatoms. The molecule has 0 atom stereocenters. The molecule has 1 heterocycles. The number of nitriles is 1. The summed E-state index contributed by atoms with van der Waals surface area (Å²) in [6.07, 6.45) is 0. The van der Waals surface area contributed by atoms with Crippen LogP contribution in [0.1, 0.15) is 5.82 Å². The number of rotatable bonds is 1. The standard InChI is InChI=1S/C5H5N3O2/c1-4-7-10-5(9)8(4)3-2-6/h3H2,1H3. The van der Waals surface area contributed by atoms with E-state index in [1.807, 2.05) is 6.07 Å². The molecule has 1 aromatic heterocycles. The Morgan fingerprint density at radius 1 is 1.90 bits per heavy atom. The topological polar surface area (TPSA) is 71.8 Å². The van der Waals surface area contributed by atoms with Crippen LogP contribution in [0.4, 0.5) is 0 Å². The van der Waals surface area contributed by atoms with Gasteiger partial charge in [-0.3, -0.25) is 4.52 Å². The van der Waals surface area contributed by atoms with Crippen molar-refractivity contribution in [1.29, 1.82) is 5.26 Å². The molecule has 1 rings (SSSR count). The average Bonchev–Trinajstić information content (AvgIpc) is 2.20. The molecule has 0 unspecified atom stereocenters. The van der Waals surface area contributed by atoms with Crippen LogP contribution in [0.15, 0.2) is 9.32 Å². The van der Waals surface area contributed by atoms with Gasteiger partial charge in [-0.1, -0.05) is 5.16 Å². The first-order valence-electron chi connectivity index (χ1n) is 2.66. The van der Waals surface area contributed by atoms with Gasteiger partial charge in [0.2, 0.25) is 0 Å². The van der Waals surface area contributed by atoms with E-state index in [1.165, 1.54) is 0 Å². The number of aromatic nitrogens is 2. The van der Waals surface area contributed by atoms with E-state index in [4.69, 9.17) is 5.26 Å². The monoisotopic (exact) mass is 139 g/mol. The highest BCUT2D eigenvalue weighted by Crippen LogP contribution is 1.86. The minimum Gasteiger partial charge on any atom is -0.296 e. The van der Waals surface area contributed by atoms with Crippen molar-refractivity contribution in [2.45, 2.75) is 13.5 Å². The smallest absolute Gasteiger partial charge is 0.296 e. The molecule has 0 aliphatic carbocycles. The molecule has 0 fully saturated rings. The Labute approximate surface area is 56.5 Å². The van der Waals surface area contributed by atoms with Gasteiger partial charge in [-0.2, -0.15) is 5.26 Å². The maximum Gasteiger partial charge on any atom is 0.442 e. The summed E-state index contributed by atoms with van der Waals surface area (Å²) in [7, 11) is 0. The summed E-state index contributed by atoms with van der Waals surface area (Å²) >= 11 is 0. The second-order valence-corrected chi connectivity index (χ2v) is 1.74. The van der Waals surface area contributed by atoms with Crippen LogP contribution < -0.4 is 5.76 Å². The summed E-state index contributed by atoms with van der Waals surface area (Å²) in [6, 6.07) is 1.81. The van der Waals surface area contributed by atoms with Crippen molar-refractivity contribution in [3.63, 3.8) is 0 Å². The Hall–Kier alpha value is -1.57. The minimum atomic E-state index is -0.584. The molecular weight excluding hydrogens is 134 g/mol. The van der Waals surface area contributed by atoms with Crippen molar-refractivity contribution in [2.75, 3.05) is 0 Å². The van der Waals surface area contributed by atoms with Crippen LogP contribution in [0.25, 0.3) is 0 Å². The van der Waals surface area contributed by atoms with Crippen LogP contribution in [0, 0.1) is 18.3 Å². The van der Waals surface area contributed by atoms with Gasteiger partial charge in [0.25, 0.3) is 0 Å². The summed E-state index contributed by atoms with van der Waals surface area (Å²) in [5.74, 6) is -0.161. The third-order valence-corrected chi connectivity index (χ3v) is 1.10. The molecule has 0 spiro atoms. The van der Waals surface area contributed by atoms with Crippen molar-refractivity contribution < 1.29 is 4.52 Å². The summed E-state index contributed by atoms with van der Waals surface area (Å²) in [6.45, 7) is 1.59. The summed E-state index contributed by atoms with van der Waals surface area (Å²) in [5.41, 5.74) is 0. The first-order valence-corrected chi connectivity index (χ1v) is 2.66. The molecule has 0 amide bonds. The van der Waals surface area contributed by atoms with Crippen molar-refractivity contribution in [3.8, 4) is 6.07 Å². The highest BCUT2D eigenvalue weighted by molar-refractivity contribution is 4.83. The normalized spacial score (nSPS) is 9.20. The quantitative estimate of drug-likeness (QED) is 0.534. The summed E-state index contributed by atoms with van der Waals surface area (Å²) < 4.78 is 5.41. The van der Waals surface area contributed by atoms with E-state index in [-0.39, 0.29) is 6.54 Å². The van der Waals surface area contributed by atoms with Crippen molar-refractivity contribution >= 4 is 0 Å². The van der Waals surface area contributed by atoms with E-state index in [0.717, 1.165) is 4.57 Å². The van der Waals surface area contributed by atoms with E-state index >= 15 is 0 Å². The van der Waals surface area contributed by atoms with Crippen molar-refractivity contribution in [1.82, 2.24) is 9.72 Å². The molecule has 10 heavy (non-hydrogen) atoms. The number of nitrogens with zero attached hydrogens (tertiary/aromatic N) is 3. The predicted octanol–water partition coefficient (Wildman–Crippen LogP) is -0.332. The van der Waals surface area contributed by atoms with E-state index in [9.17, 15) is 4.79 Å². The Bertz CT molecular complexity index is 316. The average molecular weight is 139 g/mol. The van der Waals surface area contributed by atoms with Crippen molar-refractivity contribution in [2.24, 2.45) is 0 Å². The molecule has 0 saturated heterocycles. The fourth-order valence-corrected chi connectivity index (χ4v) is 0.585. The highest BCUT2D eigenvalue weighted by Gasteiger charge is 2.02. The maximum absolute atomic E-state index is 10.6. The Morgan fingerprint density at radius 2 is 2.60 bits per heavy atom. The molecule has 0 aliphatic rings. The van der Waals surface area contributed by atoms with Gasteiger partial charge in [-0.25, -0.2) is 9.36 Å². The predicted molar refractivity (Wildman–Crippen MR) is 31.1 cm³/mol. The molecule has 5 nitrogen and oxygen atoms in total. The Balaban J connectivity index is 3.13. The highest BCUT2D eigenvalue weighted by atomic mass is 16.5. The van der Waals surface area contributed by atoms with E-state index in [1.54, 1.807) is 6.92 Å². The third kappa shape index (κ3) is 0.910. The lowest BCUT2D eigenvalue weighted by Crippen LogP contribution is -2.14. The van der Waals surface area contributed by atoms with Gasteiger partial charge in [0.1, 0.15) is 6.54 Å². The molecule has 0 aliphatic heterocycles. The van der Waals surface area contributed by atoms with Gasteiger partial charge < -0.3 is 0 Å². The Morgan fingerprint density at radius 3 is 3.00 bits per heavy atom. The number of hydrogen-bond acceptors (Lipinski definition) is 4. The van der Waals surface area contributed by atoms with Crippen LogP contribution >= 0.6 is 0 Å². The van der Waals surface area contributed by atoms with Gasteiger partial charge in [0, 0.05) is 0 Å². The lowest BCUT2D eigenvalue weighted by atomic mass is 10.6. The zero-order valence-electron chi connectivity index (χ0n) is 5.37. The zero-order chi connectivity index (χ0) is 7.56. The Kier molecular flexibility index (Phi) is 1.54. The SMILES string of the molecule is Cc1noc(=O)n1CC#N. The lowest BCUT2D eigenvalue weighted by molar-refractivity contribution is 0.376. The molecule has 52 valence electrons. The van der Waals surface area contributed by atoms with Crippen LogP contribution in [0.5, 0.6) is 0 Å². The van der Waals surface area contributed by atoms with Crippen LogP contribution in [0.3, 0.4) is 0 Å². The molecule has 0 radical (unpaired) electrons. The second-order valence-electron chi connectivity index (χ2n) is 1.74. The third-order valence-electron chi connectivity index (χ3n) is 1.10. The van der Waals surface area contributed by atoms with E-state index < -0.39 is 5.76 Å². The molecule has 0 N–H and O–H groups in total. The fraction of sp³-hybridized carbons (Fsp3) is 0.400. The number of hydrogen-bond donors (Lipinski definition) is 0. The molecular formula is C5H5N3O2. The molecule has 0 aromatic carbocycles. The van der Waals surface area contributed by atoms with Gasteiger partial charge in [-0.15, -0.1) is 0 Å². The molecule has 0 bridgehead atoms. The summed E-state index contributed by atoms with van der Waals surface area (Å²) in [4.78, 5) is 10.6. The first-order chi connectivity index (χ1) is 4.75. The van der Waals surface area contributed by atoms with Gasteiger partial charge >= 0.3 is 5.76 Å².